The van der Waals surface area contributed by atoms with Crippen LogP contribution in [0.5, 0.6) is 0 Å². The zero-order chi connectivity index (χ0) is 24.8. The van der Waals surface area contributed by atoms with Crippen LogP contribution in [0.15, 0.2) is 59.5 Å². The Bertz CT molecular complexity index is 1480. The third-order valence-corrected chi connectivity index (χ3v) is 7.93. The van der Waals surface area contributed by atoms with Crippen molar-refractivity contribution in [1.29, 1.82) is 0 Å². The van der Waals surface area contributed by atoms with Gasteiger partial charge in [-0.1, -0.05) is 12.1 Å². The number of fused-ring (bicyclic) bond motifs is 1. The predicted molar refractivity (Wildman–Crippen MR) is 136 cm³/mol. The molecule has 3 heterocycles. The Morgan fingerprint density at radius 3 is 2.25 bits per heavy atom. The van der Waals surface area contributed by atoms with Crippen LogP contribution in [-0.2, 0) is 6.54 Å². The Morgan fingerprint density at radius 1 is 0.861 bits per heavy atom. The van der Waals surface area contributed by atoms with E-state index in [9.17, 15) is 13.6 Å². The molecule has 4 nitrogen and oxygen atoms in total. The minimum atomic E-state index is -0.477. The number of rotatable bonds is 5. The molecule has 1 aromatic carbocycles. The Morgan fingerprint density at radius 2 is 1.53 bits per heavy atom. The van der Waals surface area contributed by atoms with Crippen molar-refractivity contribution in [1.82, 2.24) is 14.5 Å². The molecule has 4 aromatic rings. The minimum absolute atomic E-state index is 0.0338. The van der Waals surface area contributed by atoms with Crippen LogP contribution in [0.4, 0.5) is 8.78 Å². The molecular formula is C30H29F2N3O. The lowest BCUT2D eigenvalue weighted by Crippen LogP contribution is -2.29. The van der Waals surface area contributed by atoms with Crippen LogP contribution >= 0.6 is 0 Å². The summed E-state index contributed by atoms with van der Waals surface area (Å²) < 4.78 is 30.5. The van der Waals surface area contributed by atoms with Gasteiger partial charge in [0.05, 0.1) is 12.2 Å². The number of aromatic nitrogens is 3. The van der Waals surface area contributed by atoms with E-state index in [0.29, 0.717) is 31.0 Å². The highest BCUT2D eigenvalue weighted by atomic mass is 19.1. The molecule has 0 N–H and O–H groups in total. The maximum Gasteiger partial charge on any atom is 0.256 e. The van der Waals surface area contributed by atoms with Crippen LogP contribution in [0.1, 0.15) is 84.4 Å². The van der Waals surface area contributed by atoms with Crippen molar-refractivity contribution in [3.8, 4) is 0 Å². The minimum Gasteiger partial charge on any atom is -0.286 e. The van der Waals surface area contributed by atoms with Crippen molar-refractivity contribution >= 4 is 11.0 Å². The molecule has 36 heavy (non-hydrogen) atoms. The lowest BCUT2D eigenvalue weighted by atomic mass is 9.76. The summed E-state index contributed by atoms with van der Waals surface area (Å²) in [6, 6.07) is 14.1. The molecule has 0 spiro atoms. The summed E-state index contributed by atoms with van der Waals surface area (Å²) >= 11 is 0. The first-order chi connectivity index (χ1) is 17.5. The molecule has 0 unspecified atom stereocenters. The fourth-order valence-electron chi connectivity index (χ4n) is 5.90. The lowest BCUT2D eigenvalue weighted by molar-refractivity contribution is 0.374. The Kier molecular flexibility index (Phi) is 5.90. The molecule has 0 saturated heterocycles. The van der Waals surface area contributed by atoms with Gasteiger partial charge in [-0.2, -0.15) is 0 Å². The highest BCUT2D eigenvalue weighted by Gasteiger charge is 2.30. The van der Waals surface area contributed by atoms with Crippen LogP contribution in [0.3, 0.4) is 0 Å². The van der Waals surface area contributed by atoms with Gasteiger partial charge in [-0.3, -0.25) is 14.3 Å². The molecular weight excluding hydrogens is 456 g/mol. The van der Waals surface area contributed by atoms with Crippen molar-refractivity contribution in [2.24, 2.45) is 0 Å². The molecule has 2 aliphatic carbocycles. The van der Waals surface area contributed by atoms with Gasteiger partial charge in [-0.25, -0.2) is 13.8 Å². The van der Waals surface area contributed by atoms with E-state index in [1.54, 1.807) is 10.8 Å². The Balaban J connectivity index is 1.36. The fourth-order valence-corrected chi connectivity index (χ4v) is 5.90. The first-order valence-corrected chi connectivity index (χ1v) is 12.9. The summed E-state index contributed by atoms with van der Waals surface area (Å²) in [7, 11) is 0. The van der Waals surface area contributed by atoms with E-state index in [1.165, 1.54) is 23.8 Å². The first kappa shape index (κ1) is 23.0. The zero-order valence-corrected chi connectivity index (χ0v) is 20.4. The van der Waals surface area contributed by atoms with Gasteiger partial charge in [0.1, 0.15) is 17.3 Å². The largest absolute Gasteiger partial charge is 0.286 e. The average Bonchev–Trinajstić information content (AvgIpc) is 3.72. The van der Waals surface area contributed by atoms with Crippen LogP contribution < -0.4 is 5.56 Å². The third-order valence-electron chi connectivity index (χ3n) is 7.93. The molecule has 2 fully saturated rings. The normalized spacial score (nSPS) is 20.1. The van der Waals surface area contributed by atoms with Crippen LogP contribution in [0.25, 0.3) is 11.0 Å². The highest BCUT2D eigenvalue weighted by Crippen LogP contribution is 2.42. The summed E-state index contributed by atoms with van der Waals surface area (Å²) in [5.74, 6) is -0.539. The van der Waals surface area contributed by atoms with Gasteiger partial charge in [0.25, 0.3) is 5.56 Å². The summed E-state index contributed by atoms with van der Waals surface area (Å²) in [5, 5.41) is 0.932. The second-order valence-electron chi connectivity index (χ2n) is 10.4. The quantitative estimate of drug-likeness (QED) is 0.314. The van der Waals surface area contributed by atoms with E-state index >= 15 is 0 Å². The van der Waals surface area contributed by atoms with E-state index in [2.05, 4.69) is 11.1 Å². The molecule has 184 valence electrons. The van der Waals surface area contributed by atoms with E-state index in [0.717, 1.165) is 48.0 Å². The van der Waals surface area contributed by atoms with Crippen LogP contribution in [0, 0.1) is 18.6 Å². The van der Waals surface area contributed by atoms with Gasteiger partial charge in [-0.15, -0.1) is 0 Å². The number of benzene rings is 1. The topological polar surface area (TPSA) is 47.8 Å². The summed E-state index contributed by atoms with van der Waals surface area (Å²) in [5.41, 5.74) is 4.62. The maximum atomic E-state index is 14.4. The number of hydrogen-bond donors (Lipinski definition) is 0. The standard InChI is InChI=1S/C30H29F2N3O/c1-18-7-8-22-16-24(20-11-13-21(14-12-20)28-25(31)5-2-6-26(28)32)30(36)35(29(22)34-18)17-27-23(19-9-10-19)4-3-15-33-27/h2-8,15-16,19-21H,9-14,17H2,1H3/t20-,21-. The van der Waals surface area contributed by atoms with Crippen LogP contribution in [0.2, 0.25) is 0 Å². The molecule has 0 radical (unpaired) electrons. The number of halogens is 2. The highest BCUT2D eigenvalue weighted by molar-refractivity contribution is 5.76. The van der Waals surface area contributed by atoms with Crippen molar-refractivity contribution in [3.63, 3.8) is 0 Å². The molecule has 0 atom stereocenters. The molecule has 3 aromatic heterocycles. The summed E-state index contributed by atoms with van der Waals surface area (Å²) in [6.07, 6.45) is 6.86. The molecule has 0 amide bonds. The SMILES string of the molecule is Cc1ccc2cc([C@H]3CC[C@H](c4c(F)cccc4F)CC3)c(=O)n(Cc3ncccc3C3CC3)c2n1. The average molecular weight is 486 g/mol. The summed E-state index contributed by atoms with van der Waals surface area (Å²) in [6.45, 7) is 2.32. The zero-order valence-electron chi connectivity index (χ0n) is 20.4. The third kappa shape index (κ3) is 4.23. The first-order valence-electron chi connectivity index (χ1n) is 12.9. The number of pyridine rings is 3. The van der Waals surface area contributed by atoms with Gasteiger partial charge in [0, 0.05) is 28.4 Å². The number of aryl methyl sites for hydroxylation is 1. The molecule has 2 aliphatic rings. The van der Waals surface area contributed by atoms with Crippen molar-refractivity contribution in [3.05, 3.63) is 105 Å². The maximum absolute atomic E-state index is 14.4. The molecule has 2 saturated carbocycles. The van der Waals surface area contributed by atoms with Gasteiger partial charge in [-0.05, 0) is 105 Å². The van der Waals surface area contributed by atoms with E-state index in [1.807, 2.05) is 31.2 Å². The Labute approximate surface area is 209 Å². The molecule has 6 heteroatoms. The van der Waals surface area contributed by atoms with Crippen molar-refractivity contribution in [2.75, 3.05) is 0 Å². The molecule has 0 aliphatic heterocycles. The van der Waals surface area contributed by atoms with Crippen LogP contribution in [-0.4, -0.2) is 14.5 Å². The molecule has 6 rings (SSSR count). The van der Waals surface area contributed by atoms with Gasteiger partial charge in [0.15, 0.2) is 0 Å². The van der Waals surface area contributed by atoms with E-state index in [4.69, 9.17) is 4.98 Å². The monoisotopic (exact) mass is 485 g/mol. The second kappa shape index (κ2) is 9.23. The molecule has 0 bridgehead atoms. The summed E-state index contributed by atoms with van der Waals surface area (Å²) in [4.78, 5) is 23.3. The van der Waals surface area contributed by atoms with Gasteiger partial charge in [0.2, 0.25) is 0 Å². The lowest BCUT2D eigenvalue weighted by Gasteiger charge is -2.29. The number of hydrogen-bond acceptors (Lipinski definition) is 3. The second-order valence-corrected chi connectivity index (χ2v) is 10.4. The van der Waals surface area contributed by atoms with Gasteiger partial charge < -0.3 is 0 Å². The van der Waals surface area contributed by atoms with Crippen molar-refractivity contribution in [2.45, 2.75) is 69.7 Å². The van der Waals surface area contributed by atoms with Crippen molar-refractivity contribution < 1.29 is 8.78 Å². The Hall–Kier alpha value is -3.41. The van der Waals surface area contributed by atoms with E-state index in [-0.39, 0.29) is 23.0 Å². The number of nitrogens with zero attached hydrogens (tertiary/aromatic N) is 3. The van der Waals surface area contributed by atoms with Gasteiger partial charge >= 0.3 is 0 Å². The smallest absolute Gasteiger partial charge is 0.256 e. The van der Waals surface area contributed by atoms with E-state index < -0.39 is 11.6 Å². The predicted octanol–water partition coefficient (Wildman–Crippen LogP) is 6.75. The fraction of sp³-hybridized carbons (Fsp3) is 0.367.